The minimum absolute atomic E-state index is 0.0224. The summed E-state index contributed by atoms with van der Waals surface area (Å²) in [5, 5.41) is 21.1. The van der Waals surface area contributed by atoms with Crippen LogP contribution in [0, 0.1) is 0 Å². The van der Waals surface area contributed by atoms with E-state index in [0.717, 1.165) is 12.5 Å². The van der Waals surface area contributed by atoms with Gasteiger partial charge in [-0.25, -0.2) is 4.79 Å². The van der Waals surface area contributed by atoms with Gasteiger partial charge in [-0.1, -0.05) is 30.3 Å². The molecule has 0 aliphatic carbocycles. The van der Waals surface area contributed by atoms with E-state index in [-0.39, 0.29) is 6.61 Å². The third-order valence-corrected chi connectivity index (χ3v) is 3.38. The Morgan fingerprint density at radius 3 is 2.59 bits per heavy atom. The van der Waals surface area contributed by atoms with Crippen molar-refractivity contribution in [3.63, 3.8) is 0 Å². The van der Waals surface area contributed by atoms with Gasteiger partial charge in [0.2, 0.25) is 5.79 Å². The summed E-state index contributed by atoms with van der Waals surface area (Å²) in [5.74, 6) is -6.61. The molecule has 1 saturated heterocycles. The molecule has 3 N–H and O–H groups in total. The number of benzene rings is 1. The predicted octanol–water partition coefficient (Wildman–Crippen LogP) is 1.02. The van der Waals surface area contributed by atoms with E-state index in [9.17, 15) is 23.8 Å². The fourth-order valence-corrected chi connectivity index (χ4v) is 2.06. The monoisotopic (exact) mass is 317 g/mol. The second-order valence-corrected chi connectivity index (χ2v) is 5.15. The Morgan fingerprint density at radius 2 is 2.05 bits per heavy atom. The first-order valence-corrected chi connectivity index (χ1v) is 6.64. The van der Waals surface area contributed by atoms with Crippen molar-refractivity contribution in [1.82, 2.24) is 5.32 Å². The number of alkyl carbamates (subject to hydrolysis) is 1. The highest BCUT2D eigenvalue weighted by atomic mass is 19.3. The van der Waals surface area contributed by atoms with E-state index in [1.165, 1.54) is 0 Å². The SMILES string of the molecule is C[C@]1(O)O[C@@H](CNC(=O)OCc2ccccc2)[C@H](O)C1(F)F. The summed E-state index contributed by atoms with van der Waals surface area (Å²) in [4.78, 5) is 11.5. The lowest BCUT2D eigenvalue weighted by Crippen LogP contribution is -2.48. The molecule has 0 bridgehead atoms. The fourth-order valence-electron chi connectivity index (χ4n) is 2.06. The van der Waals surface area contributed by atoms with Crippen LogP contribution in [0.4, 0.5) is 13.6 Å². The molecule has 1 aliphatic heterocycles. The van der Waals surface area contributed by atoms with Crippen LogP contribution < -0.4 is 5.32 Å². The molecule has 0 spiro atoms. The van der Waals surface area contributed by atoms with Crippen molar-refractivity contribution in [3.05, 3.63) is 35.9 Å². The van der Waals surface area contributed by atoms with Gasteiger partial charge < -0.3 is 25.0 Å². The van der Waals surface area contributed by atoms with Crippen LogP contribution in [0.3, 0.4) is 0 Å². The van der Waals surface area contributed by atoms with Gasteiger partial charge in [-0.3, -0.25) is 0 Å². The normalized spacial score (nSPS) is 30.0. The highest BCUT2D eigenvalue weighted by Crippen LogP contribution is 2.42. The van der Waals surface area contributed by atoms with Gasteiger partial charge in [0.25, 0.3) is 0 Å². The molecular formula is C14H17F2NO5. The second-order valence-electron chi connectivity index (χ2n) is 5.15. The van der Waals surface area contributed by atoms with E-state index in [2.05, 4.69) is 10.1 Å². The smallest absolute Gasteiger partial charge is 0.407 e. The van der Waals surface area contributed by atoms with Crippen molar-refractivity contribution in [2.45, 2.75) is 37.4 Å². The van der Waals surface area contributed by atoms with Crippen LogP contribution in [0.2, 0.25) is 0 Å². The molecular weight excluding hydrogens is 300 g/mol. The summed E-state index contributed by atoms with van der Waals surface area (Å²) in [6.07, 6.45) is -4.50. The van der Waals surface area contributed by atoms with Crippen LogP contribution in [0.25, 0.3) is 0 Å². The Morgan fingerprint density at radius 1 is 1.41 bits per heavy atom. The molecule has 2 rings (SSSR count). The predicted molar refractivity (Wildman–Crippen MR) is 71.1 cm³/mol. The third kappa shape index (κ3) is 3.34. The number of rotatable bonds is 4. The topological polar surface area (TPSA) is 88.0 Å². The molecule has 1 aromatic carbocycles. The van der Waals surface area contributed by atoms with Gasteiger partial charge >= 0.3 is 12.0 Å². The first-order valence-electron chi connectivity index (χ1n) is 6.64. The molecule has 0 saturated carbocycles. The molecule has 1 amide bonds. The van der Waals surface area contributed by atoms with Crippen LogP contribution in [-0.4, -0.2) is 46.8 Å². The van der Waals surface area contributed by atoms with Crippen molar-refractivity contribution in [3.8, 4) is 0 Å². The van der Waals surface area contributed by atoms with Crippen molar-refractivity contribution >= 4 is 6.09 Å². The van der Waals surface area contributed by atoms with Gasteiger partial charge in [-0.15, -0.1) is 0 Å². The molecule has 1 aliphatic rings. The van der Waals surface area contributed by atoms with E-state index >= 15 is 0 Å². The van der Waals surface area contributed by atoms with Gasteiger partial charge in [0.1, 0.15) is 12.7 Å². The summed E-state index contributed by atoms with van der Waals surface area (Å²) >= 11 is 0. The number of nitrogens with one attached hydrogen (secondary N) is 1. The minimum atomic E-state index is -3.83. The van der Waals surface area contributed by atoms with Crippen LogP contribution >= 0.6 is 0 Å². The molecule has 1 heterocycles. The molecule has 6 nitrogen and oxygen atoms in total. The maximum absolute atomic E-state index is 13.5. The average molecular weight is 317 g/mol. The molecule has 0 radical (unpaired) electrons. The van der Waals surface area contributed by atoms with E-state index in [1.54, 1.807) is 24.3 Å². The quantitative estimate of drug-likeness (QED) is 0.771. The van der Waals surface area contributed by atoms with E-state index in [4.69, 9.17) is 4.74 Å². The number of halogens is 2. The second kappa shape index (κ2) is 6.15. The maximum atomic E-state index is 13.5. The lowest BCUT2D eigenvalue weighted by Gasteiger charge is -2.24. The lowest BCUT2D eigenvalue weighted by molar-refractivity contribution is -0.273. The van der Waals surface area contributed by atoms with Crippen LogP contribution in [0.1, 0.15) is 12.5 Å². The third-order valence-electron chi connectivity index (χ3n) is 3.38. The summed E-state index contributed by atoms with van der Waals surface area (Å²) in [6.45, 7) is 0.360. The molecule has 122 valence electrons. The number of aliphatic hydroxyl groups is 2. The highest BCUT2D eigenvalue weighted by Gasteiger charge is 2.65. The number of aliphatic hydroxyl groups excluding tert-OH is 1. The maximum Gasteiger partial charge on any atom is 0.407 e. The Hall–Kier alpha value is -1.77. The molecule has 0 unspecified atom stereocenters. The van der Waals surface area contributed by atoms with E-state index in [0.29, 0.717) is 0 Å². The zero-order valence-electron chi connectivity index (χ0n) is 11.8. The summed E-state index contributed by atoms with van der Waals surface area (Å²) in [7, 11) is 0. The Bertz CT molecular complexity index is 523. The van der Waals surface area contributed by atoms with Gasteiger partial charge in [0.05, 0.1) is 6.54 Å². The number of carbonyl (C=O) groups is 1. The average Bonchev–Trinajstić information content (AvgIpc) is 2.63. The van der Waals surface area contributed by atoms with Crippen LogP contribution in [-0.2, 0) is 16.1 Å². The Labute approximate surface area is 125 Å². The first kappa shape index (κ1) is 16.6. The van der Waals surface area contributed by atoms with Gasteiger partial charge in [0, 0.05) is 0 Å². The van der Waals surface area contributed by atoms with Gasteiger partial charge in [-0.2, -0.15) is 8.78 Å². The number of hydrogen-bond acceptors (Lipinski definition) is 5. The molecule has 1 aromatic rings. The molecule has 3 atom stereocenters. The molecule has 0 aromatic heterocycles. The Balaban J connectivity index is 1.80. The number of ether oxygens (including phenoxy) is 2. The zero-order valence-corrected chi connectivity index (χ0v) is 11.8. The first-order chi connectivity index (χ1) is 10.2. The van der Waals surface area contributed by atoms with Crippen molar-refractivity contribution in [1.29, 1.82) is 0 Å². The number of amides is 1. The number of alkyl halides is 2. The van der Waals surface area contributed by atoms with Crippen molar-refractivity contribution in [2.75, 3.05) is 6.54 Å². The number of hydrogen-bond donors (Lipinski definition) is 3. The summed E-state index contributed by atoms with van der Waals surface area (Å²) in [5.41, 5.74) is 0.768. The standard InChI is InChI=1S/C14H17F2NO5/c1-13(20)14(15,16)11(18)10(22-13)7-17-12(19)21-8-9-5-3-2-4-6-9/h2-6,10-11,18,20H,7-8H2,1H3,(H,17,19)/t10-,11-,13-/m0/s1. The lowest BCUT2D eigenvalue weighted by atomic mass is 10.1. The fraction of sp³-hybridized carbons (Fsp3) is 0.500. The molecule has 1 fully saturated rings. The van der Waals surface area contributed by atoms with E-state index < -0.39 is 36.6 Å². The summed E-state index contributed by atoms with van der Waals surface area (Å²) < 4.78 is 36.5. The largest absolute Gasteiger partial charge is 0.445 e. The van der Waals surface area contributed by atoms with Crippen molar-refractivity contribution < 1.29 is 33.3 Å². The van der Waals surface area contributed by atoms with Crippen LogP contribution in [0.15, 0.2) is 30.3 Å². The molecule has 8 heteroatoms. The zero-order chi connectivity index (χ0) is 16.4. The van der Waals surface area contributed by atoms with Crippen LogP contribution in [0.5, 0.6) is 0 Å². The Kier molecular flexibility index (Phi) is 4.64. The summed E-state index contributed by atoms with van der Waals surface area (Å²) in [6, 6.07) is 8.89. The van der Waals surface area contributed by atoms with Crippen molar-refractivity contribution in [2.24, 2.45) is 0 Å². The minimum Gasteiger partial charge on any atom is -0.445 e. The van der Waals surface area contributed by atoms with Gasteiger partial charge in [0.15, 0.2) is 6.10 Å². The van der Waals surface area contributed by atoms with Gasteiger partial charge in [-0.05, 0) is 12.5 Å². The molecule has 22 heavy (non-hydrogen) atoms. The number of carbonyl (C=O) groups excluding carboxylic acids is 1. The van der Waals surface area contributed by atoms with E-state index in [1.807, 2.05) is 6.07 Å². The highest BCUT2D eigenvalue weighted by molar-refractivity contribution is 5.67.